The third kappa shape index (κ3) is 1.99. The van der Waals surface area contributed by atoms with Crippen LogP contribution in [0, 0.1) is 0 Å². The molecular weight excluding hydrogens is 226 g/mol. The fraction of sp³-hybridized carbons (Fsp3) is 0.467. The van der Waals surface area contributed by atoms with E-state index in [2.05, 4.69) is 18.3 Å². The molecule has 1 saturated carbocycles. The normalized spacial score (nSPS) is 15.2. The molecule has 0 spiro atoms. The van der Waals surface area contributed by atoms with E-state index in [4.69, 9.17) is 9.15 Å². The Balaban J connectivity index is 2.06. The second-order valence-electron chi connectivity index (χ2n) is 4.86. The van der Waals surface area contributed by atoms with Gasteiger partial charge in [0, 0.05) is 17.0 Å². The van der Waals surface area contributed by atoms with Crippen molar-refractivity contribution in [2.75, 3.05) is 13.7 Å². The summed E-state index contributed by atoms with van der Waals surface area (Å²) in [5, 5.41) is 4.61. The van der Waals surface area contributed by atoms with Crippen LogP contribution in [-0.2, 0) is 6.54 Å². The average molecular weight is 245 g/mol. The monoisotopic (exact) mass is 245 g/mol. The molecule has 0 radical (unpaired) electrons. The topological polar surface area (TPSA) is 34.4 Å². The zero-order chi connectivity index (χ0) is 12.5. The largest absolute Gasteiger partial charge is 0.497 e. The Kier molecular flexibility index (Phi) is 3.00. The lowest BCUT2D eigenvalue weighted by Gasteiger charge is -2.01. The molecule has 0 saturated heterocycles. The standard InChI is InChI=1S/C15H19NO2/c1-3-16-9-14-15(10-4-5-10)12-7-6-11(17-2)8-13(12)18-14/h6-8,10,16H,3-5,9H2,1-2H3. The Morgan fingerprint density at radius 2 is 2.22 bits per heavy atom. The molecule has 0 unspecified atom stereocenters. The van der Waals surface area contributed by atoms with E-state index in [1.807, 2.05) is 12.1 Å². The summed E-state index contributed by atoms with van der Waals surface area (Å²) in [4.78, 5) is 0. The summed E-state index contributed by atoms with van der Waals surface area (Å²) in [5.74, 6) is 2.66. The van der Waals surface area contributed by atoms with Gasteiger partial charge in [-0.2, -0.15) is 0 Å². The van der Waals surface area contributed by atoms with E-state index < -0.39 is 0 Å². The maximum absolute atomic E-state index is 6.00. The first kappa shape index (κ1) is 11.6. The van der Waals surface area contributed by atoms with Crippen molar-refractivity contribution in [3.8, 4) is 5.75 Å². The van der Waals surface area contributed by atoms with Crippen LogP contribution in [0.5, 0.6) is 5.75 Å². The van der Waals surface area contributed by atoms with Gasteiger partial charge in [0.1, 0.15) is 17.1 Å². The van der Waals surface area contributed by atoms with Gasteiger partial charge in [-0.3, -0.25) is 0 Å². The van der Waals surface area contributed by atoms with Gasteiger partial charge in [0.05, 0.1) is 13.7 Å². The molecule has 18 heavy (non-hydrogen) atoms. The van der Waals surface area contributed by atoms with Crippen molar-refractivity contribution >= 4 is 11.0 Å². The van der Waals surface area contributed by atoms with Crippen molar-refractivity contribution in [2.24, 2.45) is 0 Å². The number of furan rings is 1. The van der Waals surface area contributed by atoms with Crippen LogP contribution in [0.15, 0.2) is 22.6 Å². The van der Waals surface area contributed by atoms with Crippen LogP contribution >= 0.6 is 0 Å². The molecule has 0 aliphatic heterocycles. The number of hydrogen-bond acceptors (Lipinski definition) is 3. The number of rotatable bonds is 5. The molecule has 3 rings (SSSR count). The van der Waals surface area contributed by atoms with Crippen LogP contribution in [0.2, 0.25) is 0 Å². The second kappa shape index (κ2) is 4.65. The number of ether oxygens (including phenoxy) is 1. The summed E-state index contributed by atoms with van der Waals surface area (Å²) < 4.78 is 11.3. The Morgan fingerprint density at radius 3 is 2.89 bits per heavy atom. The van der Waals surface area contributed by atoms with E-state index in [0.717, 1.165) is 30.2 Å². The van der Waals surface area contributed by atoms with Gasteiger partial charge >= 0.3 is 0 Å². The first-order chi connectivity index (χ1) is 8.83. The van der Waals surface area contributed by atoms with E-state index >= 15 is 0 Å². The summed E-state index contributed by atoms with van der Waals surface area (Å²) in [5.41, 5.74) is 2.36. The summed E-state index contributed by atoms with van der Waals surface area (Å²) in [6.45, 7) is 3.90. The maximum atomic E-state index is 6.00. The van der Waals surface area contributed by atoms with E-state index in [1.54, 1.807) is 7.11 Å². The van der Waals surface area contributed by atoms with Gasteiger partial charge in [-0.25, -0.2) is 0 Å². The van der Waals surface area contributed by atoms with Crippen molar-refractivity contribution in [1.82, 2.24) is 5.32 Å². The summed E-state index contributed by atoms with van der Waals surface area (Å²) in [6, 6.07) is 6.12. The zero-order valence-corrected chi connectivity index (χ0v) is 11.0. The predicted octanol–water partition coefficient (Wildman–Crippen LogP) is 3.43. The molecule has 1 aromatic carbocycles. The molecule has 2 aromatic rings. The van der Waals surface area contributed by atoms with Crippen LogP contribution in [0.4, 0.5) is 0 Å². The van der Waals surface area contributed by atoms with Crippen molar-refractivity contribution < 1.29 is 9.15 Å². The summed E-state index contributed by atoms with van der Waals surface area (Å²) >= 11 is 0. The first-order valence-electron chi connectivity index (χ1n) is 6.63. The molecule has 1 aliphatic rings. The predicted molar refractivity (Wildman–Crippen MR) is 72.1 cm³/mol. The molecule has 0 amide bonds. The number of benzene rings is 1. The Bertz CT molecular complexity index is 555. The summed E-state index contributed by atoms with van der Waals surface area (Å²) in [7, 11) is 1.69. The Hall–Kier alpha value is -1.48. The van der Waals surface area contributed by atoms with Gasteiger partial charge in [-0.05, 0) is 37.4 Å². The molecule has 1 aromatic heterocycles. The quantitative estimate of drug-likeness (QED) is 0.876. The maximum Gasteiger partial charge on any atom is 0.138 e. The van der Waals surface area contributed by atoms with Crippen LogP contribution in [-0.4, -0.2) is 13.7 Å². The molecule has 0 atom stereocenters. The highest BCUT2D eigenvalue weighted by atomic mass is 16.5. The molecule has 1 N–H and O–H groups in total. The van der Waals surface area contributed by atoms with Gasteiger partial charge in [-0.15, -0.1) is 0 Å². The third-order valence-corrected chi connectivity index (χ3v) is 3.53. The highest BCUT2D eigenvalue weighted by Crippen LogP contribution is 2.46. The zero-order valence-electron chi connectivity index (χ0n) is 11.0. The summed E-state index contributed by atoms with van der Waals surface area (Å²) in [6.07, 6.45) is 2.58. The van der Waals surface area contributed by atoms with Crippen LogP contribution in [0.3, 0.4) is 0 Å². The van der Waals surface area contributed by atoms with Crippen LogP contribution in [0.1, 0.15) is 37.0 Å². The number of methoxy groups -OCH3 is 1. The minimum Gasteiger partial charge on any atom is -0.497 e. The molecule has 3 heteroatoms. The molecule has 96 valence electrons. The number of fused-ring (bicyclic) bond motifs is 1. The van der Waals surface area contributed by atoms with Crippen LogP contribution < -0.4 is 10.1 Å². The fourth-order valence-electron chi connectivity index (χ4n) is 2.46. The van der Waals surface area contributed by atoms with Crippen molar-refractivity contribution in [3.63, 3.8) is 0 Å². The lowest BCUT2D eigenvalue weighted by Crippen LogP contribution is -2.12. The Morgan fingerprint density at radius 1 is 1.39 bits per heavy atom. The van der Waals surface area contributed by atoms with Gasteiger partial charge in [0.2, 0.25) is 0 Å². The van der Waals surface area contributed by atoms with E-state index in [0.29, 0.717) is 5.92 Å². The van der Waals surface area contributed by atoms with E-state index in [1.165, 1.54) is 23.8 Å². The lowest BCUT2D eigenvalue weighted by molar-refractivity contribution is 0.414. The number of nitrogens with one attached hydrogen (secondary N) is 1. The van der Waals surface area contributed by atoms with Gasteiger partial charge in [0.15, 0.2) is 0 Å². The minimum atomic E-state index is 0.702. The molecule has 0 bridgehead atoms. The lowest BCUT2D eigenvalue weighted by atomic mass is 10.1. The van der Waals surface area contributed by atoms with Gasteiger partial charge in [0.25, 0.3) is 0 Å². The van der Waals surface area contributed by atoms with Crippen molar-refractivity contribution in [3.05, 3.63) is 29.5 Å². The molecular formula is C15H19NO2. The minimum absolute atomic E-state index is 0.702. The van der Waals surface area contributed by atoms with Crippen molar-refractivity contribution in [2.45, 2.75) is 32.2 Å². The number of hydrogen-bond donors (Lipinski definition) is 1. The fourth-order valence-corrected chi connectivity index (χ4v) is 2.46. The molecule has 1 aliphatic carbocycles. The molecule has 1 heterocycles. The van der Waals surface area contributed by atoms with E-state index in [9.17, 15) is 0 Å². The van der Waals surface area contributed by atoms with Crippen LogP contribution in [0.25, 0.3) is 11.0 Å². The smallest absolute Gasteiger partial charge is 0.138 e. The first-order valence-corrected chi connectivity index (χ1v) is 6.63. The average Bonchev–Trinajstić information content (AvgIpc) is 3.16. The molecule has 3 nitrogen and oxygen atoms in total. The van der Waals surface area contributed by atoms with Gasteiger partial charge in [-0.1, -0.05) is 6.92 Å². The van der Waals surface area contributed by atoms with Gasteiger partial charge < -0.3 is 14.5 Å². The highest BCUT2D eigenvalue weighted by Gasteiger charge is 2.30. The SMILES string of the molecule is CCNCc1oc2cc(OC)ccc2c1C1CC1. The second-order valence-corrected chi connectivity index (χ2v) is 4.86. The van der Waals surface area contributed by atoms with Crippen molar-refractivity contribution in [1.29, 1.82) is 0 Å². The Labute approximate surface area is 107 Å². The molecule has 1 fully saturated rings. The third-order valence-electron chi connectivity index (χ3n) is 3.53. The highest BCUT2D eigenvalue weighted by molar-refractivity contribution is 5.84. The van der Waals surface area contributed by atoms with E-state index in [-0.39, 0.29) is 0 Å².